The Morgan fingerprint density at radius 2 is 2.05 bits per heavy atom. The number of piperidine rings is 1. The number of nitrogens with zero attached hydrogens (tertiary/aromatic N) is 2. The van der Waals surface area contributed by atoms with E-state index in [2.05, 4.69) is 40.4 Å². The summed E-state index contributed by atoms with van der Waals surface area (Å²) in [6.07, 6.45) is 5.77. The lowest BCUT2D eigenvalue weighted by molar-refractivity contribution is 0.0776. The van der Waals surface area contributed by atoms with E-state index in [0.29, 0.717) is 6.04 Å². The highest BCUT2D eigenvalue weighted by Gasteiger charge is 2.35. The zero-order chi connectivity index (χ0) is 13.1. The van der Waals surface area contributed by atoms with Gasteiger partial charge in [-0.2, -0.15) is 0 Å². The smallest absolute Gasteiger partial charge is 0.0586 e. The van der Waals surface area contributed by atoms with Crippen molar-refractivity contribution in [3.63, 3.8) is 0 Å². The molecule has 2 aliphatic rings. The molecule has 1 N–H and O–H groups in total. The van der Waals surface area contributed by atoms with Gasteiger partial charge in [0.2, 0.25) is 0 Å². The van der Waals surface area contributed by atoms with Crippen molar-refractivity contribution in [3.05, 3.63) is 35.9 Å². The minimum Gasteiger partial charge on any atom is -0.411 e. The molecular formula is C16H22N2O. The van der Waals surface area contributed by atoms with Crippen LogP contribution in [-0.4, -0.2) is 28.4 Å². The fraction of sp³-hybridized carbons (Fsp3) is 0.562. The molecule has 0 aromatic heterocycles. The van der Waals surface area contributed by atoms with Crippen LogP contribution in [0.25, 0.3) is 0 Å². The molecular weight excluding hydrogens is 236 g/mol. The Hall–Kier alpha value is -1.35. The summed E-state index contributed by atoms with van der Waals surface area (Å²) >= 11 is 0. The topological polar surface area (TPSA) is 35.8 Å². The van der Waals surface area contributed by atoms with E-state index >= 15 is 0 Å². The third-order valence-electron chi connectivity index (χ3n) is 4.65. The standard InChI is InChI=1S/C16H22N2O/c19-17-15-9-8-14-7-4-10-18(16(14)11-15)12-13-5-2-1-3-6-13/h1-3,5-6,14,16,19H,4,7-12H2/t14-,16-/m0/s1. The Bertz CT molecular complexity index is 443. The summed E-state index contributed by atoms with van der Waals surface area (Å²) in [4.78, 5) is 2.59. The number of oxime groups is 1. The van der Waals surface area contributed by atoms with Crippen molar-refractivity contribution in [3.8, 4) is 0 Å². The van der Waals surface area contributed by atoms with Gasteiger partial charge in [-0.25, -0.2) is 0 Å². The normalized spacial score (nSPS) is 30.2. The summed E-state index contributed by atoms with van der Waals surface area (Å²) in [5.74, 6) is 0.794. The fourth-order valence-electron chi connectivity index (χ4n) is 3.65. The number of benzene rings is 1. The van der Waals surface area contributed by atoms with E-state index in [1.165, 1.54) is 31.4 Å². The van der Waals surface area contributed by atoms with Gasteiger partial charge in [0.25, 0.3) is 0 Å². The lowest BCUT2D eigenvalue weighted by Crippen LogP contribution is -2.48. The first-order valence-electron chi connectivity index (χ1n) is 7.34. The Balaban J connectivity index is 1.73. The van der Waals surface area contributed by atoms with Gasteiger partial charge in [-0.1, -0.05) is 35.5 Å². The van der Waals surface area contributed by atoms with Crippen LogP contribution in [0.4, 0.5) is 0 Å². The predicted molar refractivity (Wildman–Crippen MR) is 76.4 cm³/mol. The van der Waals surface area contributed by atoms with Gasteiger partial charge in [0.1, 0.15) is 0 Å². The third kappa shape index (κ3) is 2.81. The average Bonchev–Trinajstić information content (AvgIpc) is 2.48. The summed E-state index contributed by atoms with van der Waals surface area (Å²) in [5.41, 5.74) is 2.37. The average molecular weight is 258 g/mol. The molecule has 19 heavy (non-hydrogen) atoms. The molecule has 1 saturated heterocycles. The van der Waals surface area contributed by atoms with Crippen molar-refractivity contribution in [2.45, 2.75) is 44.7 Å². The van der Waals surface area contributed by atoms with Gasteiger partial charge in [0.15, 0.2) is 0 Å². The van der Waals surface area contributed by atoms with Crippen LogP contribution in [0.15, 0.2) is 35.5 Å². The molecule has 3 rings (SSSR count). The van der Waals surface area contributed by atoms with Gasteiger partial charge in [0.05, 0.1) is 5.71 Å². The first-order chi connectivity index (χ1) is 9.36. The largest absolute Gasteiger partial charge is 0.411 e. The zero-order valence-electron chi connectivity index (χ0n) is 11.3. The van der Waals surface area contributed by atoms with Crippen molar-refractivity contribution in [2.24, 2.45) is 11.1 Å². The number of fused-ring (bicyclic) bond motifs is 1. The van der Waals surface area contributed by atoms with Crippen molar-refractivity contribution in [2.75, 3.05) is 6.54 Å². The van der Waals surface area contributed by atoms with Crippen LogP contribution in [0, 0.1) is 5.92 Å². The highest BCUT2D eigenvalue weighted by molar-refractivity contribution is 5.85. The molecule has 0 bridgehead atoms. The number of hydrogen-bond acceptors (Lipinski definition) is 3. The third-order valence-corrected chi connectivity index (χ3v) is 4.65. The van der Waals surface area contributed by atoms with Gasteiger partial charge in [0, 0.05) is 19.0 Å². The first-order valence-corrected chi connectivity index (χ1v) is 7.34. The molecule has 3 heteroatoms. The minimum atomic E-state index is 0.577. The lowest BCUT2D eigenvalue weighted by atomic mass is 9.77. The summed E-state index contributed by atoms with van der Waals surface area (Å²) in [6.45, 7) is 2.20. The van der Waals surface area contributed by atoms with Crippen molar-refractivity contribution in [1.82, 2.24) is 4.90 Å². The quantitative estimate of drug-likeness (QED) is 0.652. The van der Waals surface area contributed by atoms with Crippen LogP contribution in [0.5, 0.6) is 0 Å². The lowest BCUT2D eigenvalue weighted by Gasteiger charge is -2.44. The number of hydrogen-bond donors (Lipinski definition) is 1. The minimum absolute atomic E-state index is 0.577. The summed E-state index contributed by atoms with van der Waals surface area (Å²) in [7, 11) is 0. The second-order valence-corrected chi connectivity index (χ2v) is 5.83. The van der Waals surface area contributed by atoms with Crippen molar-refractivity contribution >= 4 is 5.71 Å². The van der Waals surface area contributed by atoms with E-state index in [0.717, 1.165) is 31.0 Å². The molecule has 1 heterocycles. The monoisotopic (exact) mass is 258 g/mol. The number of likely N-dealkylation sites (tertiary alicyclic amines) is 1. The maximum absolute atomic E-state index is 9.03. The van der Waals surface area contributed by atoms with Crippen LogP contribution in [0.1, 0.15) is 37.7 Å². The molecule has 3 nitrogen and oxygen atoms in total. The summed E-state index contributed by atoms with van der Waals surface area (Å²) < 4.78 is 0. The van der Waals surface area contributed by atoms with E-state index in [4.69, 9.17) is 5.21 Å². The van der Waals surface area contributed by atoms with Gasteiger partial charge in [-0.3, -0.25) is 4.90 Å². The molecule has 2 atom stereocenters. The summed E-state index contributed by atoms with van der Waals surface area (Å²) in [5, 5.41) is 12.5. The zero-order valence-corrected chi connectivity index (χ0v) is 11.3. The van der Waals surface area contributed by atoms with Crippen molar-refractivity contribution < 1.29 is 5.21 Å². The van der Waals surface area contributed by atoms with Crippen LogP contribution in [0.2, 0.25) is 0 Å². The van der Waals surface area contributed by atoms with Gasteiger partial charge >= 0.3 is 0 Å². The number of rotatable bonds is 2. The molecule has 1 aromatic carbocycles. The van der Waals surface area contributed by atoms with E-state index in [1.807, 2.05) is 0 Å². The highest BCUT2D eigenvalue weighted by Crippen LogP contribution is 2.35. The Morgan fingerprint density at radius 3 is 2.84 bits per heavy atom. The molecule has 102 valence electrons. The SMILES string of the molecule is ON=C1CC[C@@H]2CCCN(Cc3ccccc3)[C@H]2C1. The van der Waals surface area contributed by atoms with E-state index in [-0.39, 0.29) is 0 Å². The van der Waals surface area contributed by atoms with Gasteiger partial charge < -0.3 is 5.21 Å². The molecule has 0 unspecified atom stereocenters. The fourth-order valence-corrected chi connectivity index (χ4v) is 3.65. The Kier molecular flexibility index (Phi) is 3.83. The second-order valence-electron chi connectivity index (χ2n) is 5.83. The van der Waals surface area contributed by atoms with Crippen molar-refractivity contribution in [1.29, 1.82) is 0 Å². The van der Waals surface area contributed by atoms with Crippen LogP contribution in [-0.2, 0) is 6.54 Å². The molecule has 0 radical (unpaired) electrons. The van der Waals surface area contributed by atoms with Crippen LogP contribution < -0.4 is 0 Å². The molecule has 0 spiro atoms. The molecule has 1 aliphatic heterocycles. The van der Waals surface area contributed by atoms with E-state index < -0.39 is 0 Å². The molecule has 1 aliphatic carbocycles. The maximum atomic E-state index is 9.03. The van der Waals surface area contributed by atoms with Crippen LogP contribution in [0.3, 0.4) is 0 Å². The van der Waals surface area contributed by atoms with E-state index in [1.54, 1.807) is 0 Å². The van der Waals surface area contributed by atoms with Gasteiger partial charge in [-0.15, -0.1) is 0 Å². The summed E-state index contributed by atoms with van der Waals surface area (Å²) in [6, 6.07) is 11.3. The van der Waals surface area contributed by atoms with Crippen LogP contribution >= 0.6 is 0 Å². The molecule has 1 aromatic rings. The second kappa shape index (κ2) is 5.74. The highest BCUT2D eigenvalue weighted by atomic mass is 16.4. The predicted octanol–water partition coefficient (Wildman–Crippen LogP) is 3.28. The molecule has 2 fully saturated rings. The molecule has 1 saturated carbocycles. The first kappa shape index (κ1) is 12.7. The van der Waals surface area contributed by atoms with E-state index in [9.17, 15) is 0 Å². The maximum Gasteiger partial charge on any atom is 0.0586 e. The Morgan fingerprint density at radius 1 is 1.21 bits per heavy atom. The molecule has 0 amide bonds. The Labute approximate surface area is 114 Å². The van der Waals surface area contributed by atoms with Gasteiger partial charge in [-0.05, 0) is 43.7 Å².